The van der Waals surface area contributed by atoms with E-state index >= 15 is 0 Å². The number of rotatable bonds is 5. The number of carbonyl (C=O) groups is 1. The monoisotopic (exact) mass is 289 g/mol. The van der Waals surface area contributed by atoms with Gasteiger partial charge in [-0.1, -0.05) is 48.0 Å². The molecule has 0 aromatic carbocycles. The molecule has 0 aromatic rings. The fraction of sp³-hybridized carbons (Fsp3) is 0.923. The van der Waals surface area contributed by atoms with Crippen LogP contribution in [0, 0.1) is 5.92 Å². The van der Waals surface area contributed by atoms with Gasteiger partial charge in [-0.3, -0.25) is 4.79 Å². The molecule has 0 heterocycles. The molecule has 1 amide bonds. The first kappa shape index (κ1) is 14.0. The lowest BCUT2D eigenvalue weighted by molar-refractivity contribution is -0.131. The highest BCUT2D eigenvalue weighted by atomic mass is 79.9. The molecule has 1 fully saturated rings. The Balaban J connectivity index is 2.23. The van der Waals surface area contributed by atoms with Gasteiger partial charge in [0, 0.05) is 24.8 Å². The van der Waals surface area contributed by atoms with Gasteiger partial charge in [0.15, 0.2) is 0 Å². The van der Waals surface area contributed by atoms with Crippen LogP contribution in [0.25, 0.3) is 0 Å². The van der Waals surface area contributed by atoms with Crippen molar-refractivity contribution in [1.82, 2.24) is 4.90 Å². The van der Waals surface area contributed by atoms with Crippen LogP contribution in [0.2, 0.25) is 0 Å². The number of halogens is 1. The third kappa shape index (κ3) is 4.44. The third-order valence-corrected chi connectivity index (χ3v) is 4.71. The van der Waals surface area contributed by atoms with E-state index in [-0.39, 0.29) is 0 Å². The van der Waals surface area contributed by atoms with E-state index in [0.29, 0.717) is 11.9 Å². The summed E-state index contributed by atoms with van der Waals surface area (Å²) in [5.41, 5.74) is 0. The normalized spacial score (nSPS) is 19.4. The quantitative estimate of drug-likeness (QED) is 0.709. The molecule has 1 aliphatic carbocycles. The Morgan fingerprint density at radius 2 is 2.00 bits per heavy atom. The predicted molar refractivity (Wildman–Crippen MR) is 71.8 cm³/mol. The second-order valence-electron chi connectivity index (χ2n) is 5.05. The van der Waals surface area contributed by atoms with E-state index in [1.165, 1.54) is 32.1 Å². The minimum atomic E-state index is 0.303. The van der Waals surface area contributed by atoms with Gasteiger partial charge >= 0.3 is 0 Å². The van der Waals surface area contributed by atoms with Crippen molar-refractivity contribution in [3.8, 4) is 0 Å². The van der Waals surface area contributed by atoms with Gasteiger partial charge in [0.05, 0.1) is 0 Å². The van der Waals surface area contributed by atoms with Crippen LogP contribution < -0.4 is 0 Å². The summed E-state index contributed by atoms with van der Waals surface area (Å²) in [4.78, 5) is 13.8. The highest BCUT2D eigenvalue weighted by Crippen LogP contribution is 2.27. The summed E-state index contributed by atoms with van der Waals surface area (Å²) in [5.74, 6) is 1.11. The summed E-state index contributed by atoms with van der Waals surface area (Å²) in [6.07, 6.45) is 8.64. The molecular weight excluding hydrogens is 266 g/mol. The predicted octanol–water partition coefficient (Wildman–Crippen LogP) is 3.59. The Hall–Kier alpha value is -0.0500. The molecule has 1 rings (SSSR count). The van der Waals surface area contributed by atoms with Crippen molar-refractivity contribution >= 4 is 21.8 Å². The summed E-state index contributed by atoms with van der Waals surface area (Å²) in [5, 5.41) is 0.860. The number of alkyl halides is 1. The first-order chi connectivity index (χ1) is 7.65. The van der Waals surface area contributed by atoms with Gasteiger partial charge in [0.2, 0.25) is 5.91 Å². The fourth-order valence-electron chi connectivity index (χ4n) is 2.33. The Morgan fingerprint density at radius 1 is 1.38 bits per heavy atom. The zero-order valence-electron chi connectivity index (χ0n) is 10.5. The van der Waals surface area contributed by atoms with E-state index in [0.717, 1.165) is 24.1 Å². The van der Waals surface area contributed by atoms with Gasteiger partial charge in [-0.25, -0.2) is 0 Å². The highest BCUT2D eigenvalue weighted by molar-refractivity contribution is 9.09. The standard InChI is InChI=1S/C13H24BrNO/c1-11(10-14)15(2)13(16)9-8-12-6-4-3-5-7-12/h11-12H,3-10H2,1-2H3. The van der Waals surface area contributed by atoms with Gasteiger partial charge in [-0.05, 0) is 19.3 Å². The van der Waals surface area contributed by atoms with Gasteiger partial charge in [-0.15, -0.1) is 0 Å². The molecule has 0 aliphatic heterocycles. The number of hydrogen-bond donors (Lipinski definition) is 0. The summed E-state index contributed by atoms with van der Waals surface area (Å²) in [7, 11) is 1.91. The maximum Gasteiger partial charge on any atom is 0.222 e. The molecule has 0 aromatic heterocycles. The van der Waals surface area contributed by atoms with Crippen molar-refractivity contribution in [1.29, 1.82) is 0 Å². The lowest BCUT2D eigenvalue weighted by Crippen LogP contribution is -2.36. The largest absolute Gasteiger partial charge is 0.342 e. The molecule has 0 spiro atoms. The van der Waals surface area contributed by atoms with E-state index in [4.69, 9.17) is 0 Å². The van der Waals surface area contributed by atoms with Crippen LogP contribution in [0.15, 0.2) is 0 Å². The van der Waals surface area contributed by atoms with E-state index in [1.54, 1.807) is 0 Å². The van der Waals surface area contributed by atoms with E-state index < -0.39 is 0 Å². The molecular formula is C13H24BrNO. The van der Waals surface area contributed by atoms with Crippen molar-refractivity contribution in [2.45, 2.75) is 57.9 Å². The highest BCUT2D eigenvalue weighted by Gasteiger charge is 2.18. The first-order valence-electron chi connectivity index (χ1n) is 6.46. The van der Waals surface area contributed by atoms with Crippen LogP contribution >= 0.6 is 15.9 Å². The minimum absolute atomic E-state index is 0.303. The summed E-state index contributed by atoms with van der Waals surface area (Å²) >= 11 is 3.42. The van der Waals surface area contributed by atoms with Crippen LogP contribution in [-0.2, 0) is 4.79 Å². The molecule has 1 atom stereocenters. The van der Waals surface area contributed by atoms with E-state index in [1.807, 2.05) is 11.9 Å². The molecule has 3 heteroatoms. The molecule has 0 saturated heterocycles. The zero-order valence-corrected chi connectivity index (χ0v) is 12.1. The smallest absolute Gasteiger partial charge is 0.222 e. The molecule has 0 radical (unpaired) electrons. The molecule has 0 bridgehead atoms. The maximum atomic E-state index is 11.9. The van der Waals surface area contributed by atoms with Crippen LogP contribution in [0.5, 0.6) is 0 Å². The number of amides is 1. The van der Waals surface area contributed by atoms with Crippen LogP contribution in [0.4, 0.5) is 0 Å². The fourth-order valence-corrected chi connectivity index (χ4v) is 2.76. The number of nitrogens with zero attached hydrogens (tertiary/aromatic N) is 1. The van der Waals surface area contributed by atoms with E-state index in [9.17, 15) is 4.79 Å². The van der Waals surface area contributed by atoms with Crippen LogP contribution in [0.3, 0.4) is 0 Å². The third-order valence-electron chi connectivity index (χ3n) is 3.77. The number of carbonyl (C=O) groups excluding carboxylic acids is 1. The molecule has 1 aliphatic rings. The zero-order chi connectivity index (χ0) is 12.0. The Bertz CT molecular complexity index is 214. The van der Waals surface area contributed by atoms with Crippen molar-refractivity contribution in [3.05, 3.63) is 0 Å². The molecule has 0 N–H and O–H groups in total. The minimum Gasteiger partial charge on any atom is -0.342 e. The Morgan fingerprint density at radius 3 is 2.56 bits per heavy atom. The second-order valence-corrected chi connectivity index (χ2v) is 5.70. The summed E-state index contributed by atoms with van der Waals surface area (Å²) < 4.78 is 0. The second kappa shape index (κ2) is 7.31. The molecule has 2 nitrogen and oxygen atoms in total. The molecule has 94 valence electrons. The molecule has 1 unspecified atom stereocenters. The van der Waals surface area contributed by atoms with Gasteiger partial charge < -0.3 is 4.90 Å². The van der Waals surface area contributed by atoms with Crippen molar-refractivity contribution < 1.29 is 4.79 Å². The van der Waals surface area contributed by atoms with Crippen LogP contribution in [0.1, 0.15) is 51.9 Å². The van der Waals surface area contributed by atoms with Crippen molar-refractivity contribution in [3.63, 3.8) is 0 Å². The molecule has 1 saturated carbocycles. The maximum absolute atomic E-state index is 11.9. The SMILES string of the molecule is CC(CBr)N(C)C(=O)CCC1CCCCC1. The lowest BCUT2D eigenvalue weighted by atomic mass is 9.86. The molecule has 16 heavy (non-hydrogen) atoms. The first-order valence-corrected chi connectivity index (χ1v) is 7.59. The van der Waals surface area contributed by atoms with Crippen LogP contribution in [-0.4, -0.2) is 29.2 Å². The lowest BCUT2D eigenvalue weighted by Gasteiger charge is -2.25. The van der Waals surface area contributed by atoms with Gasteiger partial charge in [0.1, 0.15) is 0 Å². The van der Waals surface area contributed by atoms with Gasteiger partial charge in [-0.2, -0.15) is 0 Å². The average Bonchev–Trinajstić information content (AvgIpc) is 2.35. The van der Waals surface area contributed by atoms with Gasteiger partial charge in [0.25, 0.3) is 0 Å². The number of hydrogen-bond acceptors (Lipinski definition) is 1. The van der Waals surface area contributed by atoms with Crippen molar-refractivity contribution in [2.75, 3.05) is 12.4 Å². The Labute approximate surface area is 108 Å². The summed E-state index contributed by atoms with van der Waals surface area (Å²) in [6, 6.07) is 0.304. The topological polar surface area (TPSA) is 20.3 Å². The van der Waals surface area contributed by atoms with Crippen molar-refractivity contribution in [2.24, 2.45) is 5.92 Å². The van der Waals surface area contributed by atoms with E-state index in [2.05, 4.69) is 22.9 Å². The summed E-state index contributed by atoms with van der Waals surface area (Å²) in [6.45, 7) is 2.08. The Kier molecular flexibility index (Phi) is 6.40. The average molecular weight is 290 g/mol.